The predicted molar refractivity (Wildman–Crippen MR) is 57.8 cm³/mol. The van der Waals surface area contributed by atoms with Gasteiger partial charge in [0.1, 0.15) is 0 Å². The first-order valence-corrected chi connectivity index (χ1v) is 5.12. The van der Waals surface area contributed by atoms with Crippen LogP contribution in [0.3, 0.4) is 0 Å². The number of rotatable bonds is 6. The lowest BCUT2D eigenvalue weighted by Gasteiger charge is -2.12. The SMILES string of the molecule is CCCO[C@@H](Cc1ccccc1)C(=O)O. The van der Waals surface area contributed by atoms with Gasteiger partial charge in [-0.15, -0.1) is 0 Å². The lowest BCUT2D eigenvalue weighted by Crippen LogP contribution is -2.26. The molecule has 0 aromatic heterocycles. The number of carboxylic acid groups (broad SMARTS) is 1. The summed E-state index contributed by atoms with van der Waals surface area (Å²) in [6.45, 7) is 2.45. The van der Waals surface area contributed by atoms with E-state index in [0.29, 0.717) is 13.0 Å². The van der Waals surface area contributed by atoms with Crippen LogP contribution in [-0.2, 0) is 16.0 Å². The Morgan fingerprint density at radius 2 is 2.07 bits per heavy atom. The molecule has 3 nitrogen and oxygen atoms in total. The van der Waals surface area contributed by atoms with E-state index in [1.165, 1.54) is 0 Å². The van der Waals surface area contributed by atoms with Crippen LogP contribution in [0, 0.1) is 0 Å². The van der Waals surface area contributed by atoms with Crippen molar-refractivity contribution < 1.29 is 14.6 Å². The second kappa shape index (κ2) is 6.19. The second-order valence-corrected chi connectivity index (χ2v) is 3.39. The third-order valence-electron chi connectivity index (χ3n) is 2.06. The number of benzene rings is 1. The zero-order valence-corrected chi connectivity index (χ0v) is 8.85. The summed E-state index contributed by atoms with van der Waals surface area (Å²) in [6.07, 6.45) is 0.529. The minimum atomic E-state index is -0.896. The molecule has 15 heavy (non-hydrogen) atoms. The monoisotopic (exact) mass is 208 g/mol. The van der Waals surface area contributed by atoms with Crippen molar-refractivity contribution in [3.05, 3.63) is 35.9 Å². The van der Waals surface area contributed by atoms with Crippen molar-refractivity contribution in [3.63, 3.8) is 0 Å². The molecule has 0 radical (unpaired) electrons. The van der Waals surface area contributed by atoms with E-state index in [9.17, 15) is 4.79 Å². The molecular weight excluding hydrogens is 192 g/mol. The highest BCUT2D eigenvalue weighted by Crippen LogP contribution is 2.06. The van der Waals surface area contributed by atoms with E-state index in [1.807, 2.05) is 37.3 Å². The maximum absolute atomic E-state index is 10.9. The average Bonchev–Trinajstić information content (AvgIpc) is 2.25. The zero-order valence-electron chi connectivity index (χ0n) is 8.85. The molecule has 1 N–H and O–H groups in total. The Bertz CT molecular complexity index is 295. The van der Waals surface area contributed by atoms with Crippen LogP contribution >= 0.6 is 0 Å². The first-order valence-electron chi connectivity index (χ1n) is 5.12. The molecule has 0 aliphatic heterocycles. The van der Waals surface area contributed by atoms with Crippen molar-refractivity contribution in [3.8, 4) is 0 Å². The Morgan fingerprint density at radius 3 is 2.60 bits per heavy atom. The fourth-order valence-corrected chi connectivity index (χ4v) is 1.31. The molecule has 1 rings (SSSR count). The summed E-state index contributed by atoms with van der Waals surface area (Å²) in [5, 5.41) is 8.94. The molecule has 1 aromatic carbocycles. The molecule has 0 aliphatic carbocycles. The maximum Gasteiger partial charge on any atom is 0.333 e. The predicted octanol–water partition coefficient (Wildman–Crippen LogP) is 2.11. The van der Waals surface area contributed by atoms with Crippen LogP contribution in [-0.4, -0.2) is 23.8 Å². The van der Waals surface area contributed by atoms with Gasteiger partial charge in [0.25, 0.3) is 0 Å². The summed E-state index contributed by atoms with van der Waals surface area (Å²) in [5.41, 5.74) is 0.987. The Morgan fingerprint density at radius 1 is 1.40 bits per heavy atom. The maximum atomic E-state index is 10.9. The van der Waals surface area contributed by atoms with Gasteiger partial charge < -0.3 is 9.84 Å². The zero-order chi connectivity index (χ0) is 11.1. The molecule has 0 amide bonds. The summed E-state index contributed by atoms with van der Waals surface area (Å²) in [6, 6.07) is 9.52. The van der Waals surface area contributed by atoms with Gasteiger partial charge in [0, 0.05) is 13.0 Å². The third-order valence-corrected chi connectivity index (χ3v) is 2.06. The van der Waals surface area contributed by atoms with E-state index < -0.39 is 12.1 Å². The fraction of sp³-hybridized carbons (Fsp3) is 0.417. The number of hydrogen-bond donors (Lipinski definition) is 1. The molecule has 1 atom stereocenters. The molecule has 0 saturated heterocycles. The highest BCUT2D eigenvalue weighted by Gasteiger charge is 2.17. The molecular formula is C12H16O3. The summed E-state index contributed by atoms with van der Waals surface area (Å²) in [5.74, 6) is -0.896. The van der Waals surface area contributed by atoms with Gasteiger partial charge in [-0.3, -0.25) is 0 Å². The number of aliphatic carboxylic acids is 1. The van der Waals surface area contributed by atoms with Crippen molar-refractivity contribution >= 4 is 5.97 Å². The summed E-state index contributed by atoms with van der Waals surface area (Å²) >= 11 is 0. The summed E-state index contributed by atoms with van der Waals surface area (Å²) in [4.78, 5) is 10.9. The first-order chi connectivity index (χ1) is 7.24. The Kier molecular flexibility index (Phi) is 4.84. The highest BCUT2D eigenvalue weighted by atomic mass is 16.5. The molecule has 0 unspecified atom stereocenters. The lowest BCUT2D eigenvalue weighted by molar-refractivity contribution is -0.150. The van der Waals surface area contributed by atoms with E-state index in [-0.39, 0.29) is 0 Å². The minimum absolute atomic E-state index is 0.427. The van der Waals surface area contributed by atoms with Crippen LogP contribution in [0.1, 0.15) is 18.9 Å². The molecule has 1 aromatic rings. The van der Waals surface area contributed by atoms with Crippen molar-refractivity contribution in [2.45, 2.75) is 25.9 Å². The molecule has 0 fully saturated rings. The summed E-state index contributed by atoms with van der Waals surface area (Å²) < 4.78 is 5.26. The normalized spacial score (nSPS) is 12.3. The number of carboxylic acids is 1. The van der Waals surface area contributed by atoms with Gasteiger partial charge in [-0.1, -0.05) is 37.3 Å². The smallest absolute Gasteiger partial charge is 0.333 e. The Hall–Kier alpha value is -1.35. The van der Waals surface area contributed by atoms with Crippen molar-refractivity contribution in [2.75, 3.05) is 6.61 Å². The van der Waals surface area contributed by atoms with E-state index in [2.05, 4.69) is 0 Å². The topological polar surface area (TPSA) is 46.5 Å². The molecule has 0 bridgehead atoms. The first kappa shape index (κ1) is 11.7. The largest absolute Gasteiger partial charge is 0.479 e. The lowest BCUT2D eigenvalue weighted by atomic mass is 10.1. The van der Waals surface area contributed by atoms with E-state index in [4.69, 9.17) is 9.84 Å². The van der Waals surface area contributed by atoms with Crippen molar-refractivity contribution in [1.82, 2.24) is 0 Å². The number of ether oxygens (including phenoxy) is 1. The quantitative estimate of drug-likeness (QED) is 0.778. The van der Waals surface area contributed by atoms with Gasteiger partial charge in [0.15, 0.2) is 6.10 Å². The average molecular weight is 208 g/mol. The Balaban J connectivity index is 2.55. The van der Waals surface area contributed by atoms with Crippen LogP contribution in [0.5, 0.6) is 0 Å². The molecule has 0 aliphatic rings. The third kappa shape index (κ3) is 4.13. The van der Waals surface area contributed by atoms with Crippen LogP contribution in [0.2, 0.25) is 0 Å². The molecule has 0 heterocycles. The van der Waals surface area contributed by atoms with Gasteiger partial charge in [-0.05, 0) is 12.0 Å². The van der Waals surface area contributed by atoms with Gasteiger partial charge in [0.2, 0.25) is 0 Å². The number of hydrogen-bond acceptors (Lipinski definition) is 2. The molecule has 3 heteroatoms. The standard InChI is InChI=1S/C12H16O3/c1-2-8-15-11(12(13)14)9-10-6-4-3-5-7-10/h3-7,11H,2,8-9H2,1H3,(H,13,14)/t11-/m0/s1. The van der Waals surface area contributed by atoms with Crippen LogP contribution in [0.15, 0.2) is 30.3 Å². The van der Waals surface area contributed by atoms with Crippen LogP contribution in [0.25, 0.3) is 0 Å². The number of carbonyl (C=O) groups is 1. The fourth-order valence-electron chi connectivity index (χ4n) is 1.31. The van der Waals surface area contributed by atoms with Gasteiger partial charge >= 0.3 is 5.97 Å². The van der Waals surface area contributed by atoms with Crippen molar-refractivity contribution in [2.24, 2.45) is 0 Å². The van der Waals surface area contributed by atoms with E-state index in [0.717, 1.165) is 12.0 Å². The minimum Gasteiger partial charge on any atom is -0.479 e. The highest BCUT2D eigenvalue weighted by molar-refractivity contribution is 5.72. The molecule has 82 valence electrons. The second-order valence-electron chi connectivity index (χ2n) is 3.39. The van der Waals surface area contributed by atoms with Crippen LogP contribution < -0.4 is 0 Å². The van der Waals surface area contributed by atoms with Gasteiger partial charge in [-0.2, -0.15) is 0 Å². The molecule has 0 spiro atoms. The summed E-state index contributed by atoms with van der Waals surface area (Å²) in [7, 11) is 0. The van der Waals surface area contributed by atoms with Gasteiger partial charge in [0.05, 0.1) is 0 Å². The van der Waals surface area contributed by atoms with Gasteiger partial charge in [-0.25, -0.2) is 4.79 Å². The van der Waals surface area contributed by atoms with E-state index >= 15 is 0 Å². The van der Waals surface area contributed by atoms with E-state index in [1.54, 1.807) is 0 Å². The Labute approximate surface area is 89.7 Å². The van der Waals surface area contributed by atoms with Crippen molar-refractivity contribution in [1.29, 1.82) is 0 Å². The molecule has 0 saturated carbocycles. The van der Waals surface area contributed by atoms with Crippen LogP contribution in [0.4, 0.5) is 0 Å².